The first kappa shape index (κ1) is 24.5. The zero-order chi connectivity index (χ0) is 22.3. The van der Waals surface area contributed by atoms with Crippen LogP contribution in [-0.4, -0.2) is 39.9 Å². The molecule has 1 fully saturated rings. The molecule has 1 aromatic rings. The van der Waals surface area contributed by atoms with Crippen molar-refractivity contribution in [1.29, 1.82) is 5.26 Å². The van der Waals surface area contributed by atoms with Gasteiger partial charge in [-0.15, -0.1) is 4.72 Å². The molecule has 162 valence electrons. The summed E-state index contributed by atoms with van der Waals surface area (Å²) in [6.45, 7) is 5.03. The van der Waals surface area contributed by atoms with E-state index in [0.717, 1.165) is 0 Å². The average molecular weight is 512 g/mol. The molecule has 0 aromatic carbocycles. The van der Waals surface area contributed by atoms with Crippen LogP contribution in [0.15, 0.2) is 16.7 Å². The SMILES string of the molecule is CC(C)(C)[S+]([O-])N[C@@](C)(CS(=O)(=O)C(C#N)(CF)C1CC1)c1cc(Br)cnc1F. The molecule has 1 aliphatic carbocycles. The van der Waals surface area contributed by atoms with Crippen LogP contribution in [0.4, 0.5) is 8.78 Å². The lowest BCUT2D eigenvalue weighted by atomic mass is 9.97. The van der Waals surface area contributed by atoms with Crippen LogP contribution in [0.3, 0.4) is 0 Å². The Balaban J connectivity index is 2.59. The highest BCUT2D eigenvalue weighted by molar-refractivity contribution is 9.10. The van der Waals surface area contributed by atoms with Gasteiger partial charge in [0.25, 0.3) is 0 Å². The number of hydrogen-bond donors (Lipinski definition) is 1. The van der Waals surface area contributed by atoms with E-state index in [9.17, 15) is 27.0 Å². The fourth-order valence-electron chi connectivity index (χ4n) is 3.02. The average Bonchev–Trinajstić information content (AvgIpc) is 3.42. The van der Waals surface area contributed by atoms with Crippen molar-refractivity contribution in [1.82, 2.24) is 9.71 Å². The maximum atomic E-state index is 14.6. The fourth-order valence-corrected chi connectivity index (χ4v) is 6.64. The molecule has 1 heterocycles. The third-order valence-electron chi connectivity index (χ3n) is 4.93. The predicted octanol–water partition coefficient (Wildman–Crippen LogP) is 3.31. The Morgan fingerprint density at radius 2 is 2.00 bits per heavy atom. The standard InChI is InChI=1S/C18H24BrF2N3O3S2/c1-16(2,3)28(25)24-17(4,14-7-13(19)8-23-15(14)21)11-29(26,27)18(9-20,10-22)12-5-6-12/h7-8,12,24H,5-6,9,11H2,1-4H3/t17-,18?,28?/m0/s1. The van der Waals surface area contributed by atoms with Crippen LogP contribution >= 0.6 is 15.9 Å². The number of rotatable bonds is 8. The van der Waals surface area contributed by atoms with Gasteiger partial charge in [0.15, 0.2) is 14.6 Å². The van der Waals surface area contributed by atoms with E-state index in [4.69, 9.17) is 0 Å². The van der Waals surface area contributed by atoms with Gasteiger partial charge in [-0.3, -0.25) is 0 Å². The second-order valence-corrected chi connectivity index (χ2v) is 13.6. The molecule has 6 nitrogen and oxygen atoms in total. The number of nitrogens with zero attached hydrogens (tertiary/aromatic N) is 2. The number of pyridine rings is 1. The highest BCUT2D eigenvalue weighted by Crippen LogP contribution is 2.46. The summed E-state index contributed by atoms with van der Waals surface area (Å²) in [5.74, 6) is -2.37. The summed E-state index contributed by atoms with van der Waals surface area (Å²) in [7, 11) is -4.39. The van der Waals surface area contributed by atoms with Gasteiger partial charge in [-0.25, -0.2) is 17.8 Å². The van der Waals surface area contributed by atoms with Crippen LogP contribution in [0, 0.1) is 23.2 Å². The zero-order valence-corrected chi connectivity index (χ0v) is 19.8. The van der Waals surface area contributed by atoms with Gasteiger partial charge in [-0.05, 0) is 68.5 Å². The molecular formula is C18H24BrF2N3O3S2. The summed E-state index contributed by atoms with van der Waals surface area (Å²) >= 11 is 1.40. The van der Waals surface area contributed by atoms with Crippen molar-refractivity contribution < 1.29 is 21.8 Å². The Kier molecular flexibility index (Phi) is 7.07. The third kappa shape index (κ3) is 4.93. The lowest BCUT2D eigenvalue weighted by Gasteiger charge is -2.36. The topological polar surface area (TPSA) is 106 Å². The van der Waals surface area contributed by atoms with Crippen molar-refractivity contribution in [3.63, 3.8) is 0 Å². The largest absolute Gasteiger partial charge is 0.598 e. The molecule has 0 saturated heterocycles. The molecule has 0 bridgehead atoms. The van der Waals surface area contributed by atoms with Crippen molar-refractivity contribution in [2.45, 2.75) is 55.6 Å². The molecule has 11 heteroatoms. The molecule has 1 aromatic heterocycles. The highest BCUT2D eigenvalue weighted by atomic mass is 79.9. The second-order valence-electron chi connectivity index (χ2n) is 8.48. The van der Waals surface area contributed by atoms with E-state index in [2.05, 4.69) is 25.6 Å². The van der Waals surface area contributed by atoms with Crippen LogP contribution in [-0.2, 0) is 26.7 Å². The van der Waals surface area contributed by atoms with E-state index in [1.807, 2.05) is 0 Å². The summed E-state index contributed by atoms with van der Waals surface area (Å²) < 4.78 is 67.9. The van der Waals surface area contributed by atoms with E-state index in [1.54, 1.807) is 26.8 Å². The van der Waals surface area contributed by atoms with Crippen molar-refractivity contribution in [3.8, 4) is 6.07 Å². The first-order chi connectivity index (χ1) is 13.2. The Morgan fingerprint density at radius 3 is 2.45 bits per heavy atom. The molecule has 2 unspecified atom stereocenters. The second kappa shape index (κ2) is 8.38. The van der Waals surface area contributed by atoms with E-state index < -0.39 is 60.5 Å². The third-order valence-corrected chi connectivity index (χ3v) is 9.72. The maximum absolute atomic E-state index is 14.6. The van der Waals surface area contributed by atoms with Crippen LogP contribution in [0.5, 0.6) is 0 Å². The molecule has 3 atom stereocenters. The minimum atomic E-state index is -4.39. The number of hydrogen-bond acceptors (Lipinski definition) is 6. The summed E-state index contributed by atoms with van der Waals surface area (Å²) in [6, 6.07) is 3.00. The molecule has 1 saturated carbocycles. The minimum Gasteiger partial charge on any atom is -0.598 e. The number of sulfone groups is 1. The van der Waals surface area contributed by atoms with E-state index in [-0.39, 0.29) is 5.56 Å². The maximum Gasteiger partial charge on any atom is 0.218 e. The van der Waals surface area contributed by atoms with Crippen LogP contribution in [0.1, 0.15) is 46.1 Å². The monoisotopic (exact) mass is 511 g/mol. The molecule has 0 spiro atoms. The predicted molar refractivity (Wildman–Crippen MR) is 111 cm³/mol. The summed E-state index contributed by atoms with van der Waals surface area (Å²) in [5.41, 5.74) is -1.86. The molecule has 2 rings (SSSR count). The Morgan fingerprint density at radius 1 is 1.41 bits per heavy atom. The first-order valence-corrected chi connectivity index (χ1v) is 12.5. The first-order valence-electron chi connectivity index (χ1n) is 8.93. The lowest BCUT2D eigenvalue weighted by Crippen LogP contribution is -2.56. The van der Waals surface area contributed by atoms with Crippen LogP contribution in [0.25, 0.3) is 0 Å². The van der Waals surface area contributed by atoms with Gasteiger partial charge in [-0.1, -0.05) is 0 Å². The van der Waals surface area contributed by atoms with Gasteiger partial charge in [-0.2, -0.15) is 9.65 Å². The zero-order valence-electron chi connectivity index (χ0n) is 16.6. The molecule has 29 heavy (non-hydrogen) atoms. The summed E-state index contributed by atoms with van der Waals surface area (Å²) in [4.78, 5) is 3.61. The highest BCUT2D eigenvalue weighted by Gasteiger charge is 2.58. The number of halogens is 3. The van der Waals surface area contributed by atoms with Crippen molar-refractivity contribution in [3.05, 3.63) is 28.2 Å². The number of alkyl halides is 1. The van der Waals surface area contributed by atoms with E-state index in [0.29, 0.717) is 17.3 Å². The van der Waals surface area contributed by atoms with Gasteiger partial charge in [0.05, 0.1) is 11.8 Å². The van der Waals surface area contributed by atoms with E-state index >= 15 is 0 Å². The van der Waals surface area contributed by atoms with E-state index in [1.165, 1.54) is 19.2 Å². The van der Waals surface area contributed by atoms with Gasteiger partial charge in [0.1, 0.15) is 17.0 Å². The molecule has 0 radical (unpaired) electrons. The minimum absolute atomic E-state index is 0.144. The normalized spacial score (nSPS) is 20.4. The van der Waals surface area contributed by atoms with Crippen LogP contribution in [0.2, 0.25) is 0 Å². The van der Waals surface area contributed by atoms with Crippen molar-refractivity contribution in [2.75, 3.05) is 12.4 Å². The number of nitriles is 1. The van der Waals surface area contributed by atoms with Gasteiger partial charge in [0.2, 0.25) is 5.95 Å². The van der Waals surface area contributed by atoms with Gasteiger partial charge in [0, 0.05) is 27.6 Å². The summed E-state index contributed by atoms with van der Waals surface area (Å²) in [5, 5.41) is 9.56. The quantitative estimate of drug-likeness (QED) is 0.423. The van der Waals surface area contributed by atoms with Crippen molar-refractivity contribution >= 4 is 37.1 Å². The molecular weight excluding hydrogens is 488 g/mol. The van der Waals surface area contributed by atoms with Crippen LogP contribution < -0.4 is 4.72 Å². The Labute approximate surface area is 181 Å². The lowest BCUT2D eigenvalue weighted by molar-refractivity contribution is 0.384. The summed E-state index contributed by atoms with van der Waals surface area (Å²) in [6.07, 6.45) is 2.07. The van der Waals surface area contributed by atoms with Gasteiger partial charge < -0.3 is 4.55 Å². The number of nitrogens with one attached hydrogen (secondary N) is 1. The molecule has 0 aliphatic heterocycles. The Bertz CT molecular complexity index is 916. The van der Waals surface area contributed by atoms with Crippen molar-refractivity contribution in [2.24, 2.45) is 5.92 Å². The fraction of sp³-hybridized carbons (Fsp3) is 0.667. The number of aromatic nitrogens is 1. The molecule has 0 amide bonds. The van der Waals surface area contributed by atoms with Gasteiger partial charge >= 0.3 is 0 Å². The molecule has 1 N–H and O–H groups in total. The molecule has 1 aliphatic rings. The Hall–Kier alpha value is -0.800. The smallest absolute Gasteiger partial charge is 0.218 e.